The fourth-order valence-electron chi connectivity index (χ4n) is 4.28. The number of carbonyl (C=O) groups is 1. The highest BCUT2D eigenvalue weighted by Gasteiger charge is 2.23. The fourth-order valence-corrected chi connectivity index (χ4v) is 5.65. The van der Waals surface area contributed by atoms with Crippen LogP contribution in [0, 0.1) is 22.7 Å². The number of carbonyl (C=O) groups excluding carboxylic acids is 1. The zero-order chi connectivity index (χ0) is 25.1. The maximum atomic E-state index is 13.1. The molecule has 8 heteroatoms. The number of halogens is 1. The summed E-state index contributed by atoms with van der Waals surface area (Å²) in [6.07, 6.45) is 7.19. The predicted molar refractivity (Wildman–Crippen MR) is 142 cm³/mol. The third kappa shape index (κ3) is 4.67. The summed E-state index contributed by atoms with van der Waals surface area (Å²) in [6, 6.07) is 21.1. The van der Waals surface area contributed by atoms with Crippen LogP contribution in [0.2, 0.25) is 5.02 Å². The van der Waals surface area contributed by atoms with E-state index in [0.29, 0.717) is 26.8 Å². The third-order valence-corrected chi connectivity index (χ3v) is 7.52. The van der Waals surface area contributed by atoms with Crippen molar-refractivity contribution in [3.63, 3.8) is 0 Å². The number of nitriles is 2. The van der Waals surface area contributed by atoms with Gasteiger partial charge in [0.05, 0.1) is 16.9 Å². The zero-order valence-corrected chi connectivity index (χ0v) is 20.7. The number of nitrogens with one attached hydrogen (secondary N) is 1. The van der Waals surface area contributed by atoms with Crippen LogP contribution in [-0.4, -0.2) is 15.7 Å². The molecule has 1 N–H and O–H groups in total. The Hall–Kier alpha value is -4.17. The summed E-state index contributed by atoms with van der Waals surface area (Å²) in [5, 5.41) is 28.2. The van der Waals surface area contributed by atoms with Crippen LogP contribution in [0.4, 0.5) is 5.00 Å². The fraction of sp³-hybridized carbons (Fsp3) is 0.143. The van der Waals surface area contributed by atoms with Crippen molar-refractivity contribution in [1.29, 1.82) is 10.5 Å². The third-order valence-electron chi connectivity index (χ3n) is 6.06. The van der Waals surface area contributed by atoms with Crippen molar-refractivity contribution in [3.05, 3.63) is 93.0 Å². The van der Waals surface area contributed by atoms with E-state index in [1.165, 1.54) is 17.4 Å². The second kappa shape index (κ2) is 10.2. The van der Waals surface area contributed by atoms with Crippen molar-refractivity contribution in [2.24, 2.45) is 0 Å². The van der Waals surface area contributed by atoms with Crippen molar-refractivity contribution >= 4 is 39.9 Å². The minimum atomic E-state index is -0.554. The Bertz CT molecular complexity index is 1550. The Morgan fingerprint density at radius 1 is 1.08 bits per heavy atom. The summed E-state index contributed by atoms with van der Waals surface area (Å²) < 4.78 is 1.71. The number of nitrogens with zero attached hydrogens (tertiary/aromatic N) is 4. The van der Waals surface area contributed by atoms with Crippen LogP contribution in [0.15, 0.2) is 66.4 Å². The highest BCUT2D eigenvalue weighted by molar-refractivity contribution is 7.16. The van der Waals surface area contributed by atoms with E-state index < -0.39 is 5.91 Å². The maximum Gasteiger partial charge on any atom is 0.266 e. The lowest BCUT2D eigenvalue weighted by atomic mass is 9.96. The lowest BCUT2D eigenvalue weighted by Crippen LogP contribution is -2.13. The smallest absolute Gasteiger partial charge is 0.266 e. The largest absolute Gasteiger partial charge is 0.312 e. The molecule has 2 aromatic heterocycles. The predicted octanol–water partition coefficient (Wildman–Crippen LogP) is 6.55. The summed E-state index contributed by atoms with van der Waals surface area (Å²) in [4.78, 5) is 14.3. The van der Waals surface area contributed by atoms with Gasteiger partial charge in [0.1, 0.15) is 22.7 Å². The molecule has 0 aliphatic heterocycles. The van der Waals surface area contributed by atoms with Crippen LogP contribution in [0.3, 0.4) is 0 Å². The van der Waals surface area contributed by atoms with Crippen LogP contribution in [0.5, 0.6) is 0 Å². The Balaban J connectivity index is 1.53. The number of aryl methyl sites for hydroxylation is 1. The van der Waals surface area contributed by atoms with Crippen LogP contribution < -0.4 is 5.32 Å². The van der Waals surface area contributed by atoms with Crippen molar-refractivity contribution in [3.8, 4) is 29.1 Å². The van der Waals surface area contributed by atoms with Crippen molar-refractivity contribution in [2.45, 2.75) is 25.7 Å². The maximum absolute atomic E-state index is 13.1. The van der Waals surface area contributed by atoms with Gasteiger partial charge in [0.25, 0.3) is 5.91 Å². The molecular formula is C28H20ClN5OS. The van der Waals surface area contributed by atoms with Gasteiger partial charge in [-0.2, -0.15) is 15.6 Å². The molecule has 5 rings (SSSR count). The Morgan fingerprint density at radius 3 is 2.56 bits per heavy atom. The molecule has 6 nitrogen and oxygen atoms in total. The number of thiophene rings is 1. The molecular weight excluding hydrogens is 490 g/mol. The SMILES string of the molecule is N#CC(=Cc1cn(-c2ccccc2)nc1-c1ccc(Cl)cc1)C(=O)Nc1sc2c(c1C#N)CCCC2. The number of rotatable bonds is 5. The molecule has 0 fully saturated rings. The first-order valence-electron chi connectivity index (χ1n) is 11.5. The van der Waals surface area contributed by atoms with Crippen LogP contribution >= 0.6 is 22.9 Å². The second-order valence-corrected chi connectivity index (χ2v) is 9.91. The lowest BCUT2D eigenvalue weighted by Gasteiger charge is -2.09. The van der Waals surface area contributed by atoms with Gasteiger partial charge in [-0.25, -0.2) is 4.68 Å². The van der Waals surface area contributed by atoms with Crippen LogP contribution in [-0.2, 0) is 17.6 Å². The van der Waals surface area contributed by atoms with E-state index in [0.717, 1.165) is 47.4 Å². The number of hydrogen-bond donors (Lipinski definition) is 1. The van der Waals surface area contributed by atoms with Crippen molar-refractivity contribution in [2.75, 3.05) is 5.32 Å². The lowest BCUT2D eigenvalue weighted by molar-refractivity contribution is -0.112. The molecule has 2 aromatic carbocycles. The van der Waals surface area contributed by atoms with Gasteiger partial charge in [-0.1, -0.05) is 41.9 Å². The summed E-state index contributed by atoms with van der Waals surface area (Å²) >= 11 is 7.50. The number of benzene rings is 2. The van der Waals surface area contributed by atoms with Gasteiger partial charge in [-0.05, 0) is 61.6 Å². The Kier molecular flexibility index (Phi) is 6.69. The van der Waals surface area contributed by atoms with E-state index in [1.54, 1.807) is 23.0 Å². The van der Waals surface area contributed by atoms with E-state index in [4.69, 9.17) is 16.7 Å². The number of para-hydroxylation sites is 1. The van der Waals surface area contributed by atoms with Gasteiger partial charge in [0, 0.05) is 27.2 Å². The average molecular weight is 510 g/mol. The standard InChI is InChI=1S/C28H20ClN5OS/c29-21-12-10-18(11-13-21)26-20(17-34(33-26)22-6-2-1-3-7-22)14-19(15-30)27(35)32-28-24(16-31)23-8-4-5-9-25(23)36-28/h1-3,6-7,10-14,17H,4-5,8-9H2,(H,32,35). The molecule has 0 spiro atoms. The Labute approximate surface area is 217 Å². The number of aromatic nitrogens is 2. The second-order valence-electron chi connectivity index (χ2n) is 8.37. The quantitative estimate of drug-likeness (QED) is 0.244. The minimum Gasteiger partial charge on any atom is -0.312 e. The molecule has 4 aromatic rings. The summed E-state index contributed by atoms with van der Waals surface area (Å²) in [6.45, 7) is 0. The van der Waals surface area contributed by atoms with Crippen LogP contribution in [0.25, 0.3) is 23.0 Å². The molecule has 36 heavy (non-hydrogen) atoms. The summed E-state index contributed by atoms with van der Waals surface area (Å²) in [7, 11) is 0. The van der Waals surface area contributed by atoms with Gasteiger partial charge in [0.2, 0.25) is 0 Å². The molecule has 0 saturated carbocycles. The van der Waals surface area contributed by atoms with Gasteiger partial charge in [0.15, 0.2) is 0 Å². The number of hydrogen-bond acceptors (Lipinski definition) is 5. The van der Waals surface area contributed by atoms with Crippen molar-refractivity contribution < 1.29 is 4.79 Å². The molecule has 1 amide bonds. The van der Waals surface area contributed by atoms with Crippen LogP contribution in [0.1, 0.15) is 34.4 Å². The highest BCUT2D eigenvalue weighted by atomic mass is 35.5. The van der Waals surface area contributed by atoms with Gasteiger partial charge >= 0.3 is 0 Å². The first-order chi connectivity index (χ1) is 17.6. The Morgan fingerprint density at radius 2 is 1.83 bits per heavy atom. The monoisotopic (exact) mass is 509 g/mol. The molecule has 1 aliphatic rings. The molecule has 2 heterocycles. The number of anilines is 1. The zero-order valence-electron chi connectivity index (χ0n) is 19.2. The average Bonchev–Trinajstić information content (AvgIpc) is 3.49. The molecule has 1 aliphatic carbocycles. The van der Waals surface area contributed by atoms with E-state index in [9.17, 15) is 15.3 Å². The van der Waals surface area contributed by atoms with Gasteiger partial charge in [-0.15, -0.1) is 11.3 Å². The van der Waals surface area contributed by atoms with E-state index in [-0.39, 0.29) is 5.57 Å². The van der Waals surface area contributed by atoms with Gasteiger partial charge < -0.3 is 5.32 Å². The normalized spacial score (nSPS) is 12.9. The molecule has 0 bridgehead atoms. The number of fused-ring (bicyclic) bond motifs is 1. The topological polar surface area (TPSA) is 94.5 Å². The van der Waals surface area contributed by atoms with Gasteiger partial charge in [-0.3, -0.25) is 4.79 Å². The molecule has 0 radical (unpaired) electrons. The molecule has 0 unspecified atom stereocenters. The number of amides is 1. The molecule has 0 saturated heterocycles. The summed E-state index contributed by atoms with van der Waals surface area (Å²) in [5.74, 6) is -0.554. The molecule has 0 atom stereocenters. The summed E-state index contributed by atoms with van der Waals surface area (Å²) in [5.41, 5.74) is 4.33. The van der Waals surface area contributed by atoms with E-state index in [2.05, 4.69) is 11.4 Å². The first kappa shape index (κ1) is 23.6. The van der Waals surface area contributed by atoms with E-state index in [1.807, 2.05) is 48.5 Å². The molecule has 176 valence electrons. The minimum absolute atomic E-state index is 0.0758. The van der Waals surface area contributed by atoms with E-state index >= 15 is 0 Å². The van der Waals surface area contributed by atoms with Crippen molar-refractivity contribution in [1.82, 2.24) is 9.78 Å². The first-order valence-corrected chi connectivity index (χ1v) is 12.7. The highest BCUT2D eigenvalue weighted by Crippen LogP contribution is 2.38.